The molecule has 0 N–H and O–H groups in total. The molecule has 2 aromatic carbocycles. The van der Waals surface area contributed by atoms with Crippen LogP contribution in [0.3, 0.4) is 0 Å². The zero-order valence-corrected chi connectivity index (χ0v) is 13.6. The van der Waals surface area contributed by atoms with Gasteiger partial charge in [-0.1, -0.05) is 12.1 Å². The monoisotopic (exact) mass is 343 g/mol. The predicted octanol–water partition coefficient (Wildman–Crippen LogP) is 4.21. The quantitative estimate of drug-likeness (QED) is 0.555. The summed E-state index contributed by atoms with van der Waals surface area (Å²) in [7, 11) is 0. The molecular formula is C20H13N3O3. The van der Waals surface area contributed by atoms with Gasteiger partial charge in [-0.25, -0.2) is 4.98 Å². The summed E-state index contributed by atoms with van der Waals surface area (Å²) in [5, 5.41) is 0.836. The van der Waals surface area contributed by atoms with Crippen molar-refractivity contribution in [2.24, 2.45) is 0 Å². The maximum atomic E-state index is 6.08. The average Bonchev–Trinajstić information content (AvgIpc) is 3.16. The Hall–Kier alpha value is -3.67. The molecule has 126 valence electrons. The topological polar surface area (TPSA) is 66.4 Å². The van der Waals surface area contributed by atoms with Crippen molar-refractivity contribution >= 4 is 10.9 Å². The van der Waals surface area contributed by atoms with Crippen LogP contribution in [0.15, 0.2) is 67.0 Å². The molecule has 1 aliphatic heterocycles. The van der Waals surface area contributed by atoms with E-state index in [-0.39, 0.29) is 6.79 Å². The fraction of sp³-hybridized carbons (Fsp3) is 0.0500. The van der Waals surface area contributed by atoms with Crippen molar-refractivity contribution in [1.29, 1.82) is 0 Å². The van der Waals surface area contributed by atoms with Crippen LogP contribution in [0.25, 0.3) is 22.3 Å². The number of fused-ring (bicyclic) bond motifs is 2. The zero-order valence-electron chi connectivity index (χ0n) is 13.6. The van der Waals surface area contributed by atoms with E-state index in [1.807, 2.05) is 48.5 Å². The number of hydrogen-bond acceptors (Lipinski definition) is 6. The second-order valence-electron chi connectivity index (χ2n) is 5.72. The van der Waals surface area contributed by atoms with Gasteiger partial charge in [0.25, 0.3) is 0 Å². The number of pyridine rings is 1. The van der Waals surface area contributed by atoms with Crippen LogP contribution < -0.4 is 14.2 Å². The minimum absolute atomic E-state index is 0.224. The van der Waals surface area contributed by atoms with E-state index < -0.39 is 0 Å². The van der Waals surface area contributed by atoms with Crippen LogP contribution in [-0.2, 0) is 0 Å². The standard InChI is InChI=1S/C20H13N3O3/c1-2-4-16-15(3-1)20(23-19(22-16)13-7-9-21-10-8-13)26-14-5-6-17-18(11-14)25-12-24-17/h1-11H,12H2. The highest BCUT2D eigenvalue weighted by molar-refractivity contribution is 5.85. The molecule has 0 radical (unpaired) electrons. The third-order valence-corrected chi connectivity index (χ3v) is 4.07. The summed E-state index contributed by atoms with van der Waals surface area (Å²) in [4.78, 5) is 13.3. The van der Waals surface area contributed by atoms with Gasteiger partial charge in [-0.2, -0.15) is 4.98 Å². The Morgan fingerprint density at radius 1 is 0.846 bits per heavy atom. The highest BCUT2D eigenvalue weighted by atomic mass is 16.7. The van der Waals surface area contributed by atoms with Gasteiger partial charge in [-0.3, -0.25) is 4.98 Å². The molecule has 0 amide bonds. The minimum Gasteiger partial charge on any atom is -0.454 e. The first-order valence-corrected chi connectivity index (χ1v) is 8.11. The Bertz CT molecular complexity index is 1100. The van der Waals surface area contributed by atoms with E-state index >= 15 is 0 Å². The predicted molar refractivity (Wildman–Crippen MR) is 95.4 cm³/mol. The van der Waals surface area contributed by atoms with Crippen LogP contribution in [0.1, 0.15) is 0 Å². The maximum absolute atomic E-state index is 6.08. The molecule has 0 saturated heterocycles. The third-order valence-electron chi connectivity index (χ3n) is 4.07. The van der Waals surface area contributed by atoms with E-state index in [0.29, 0.717) is 29.0 Å². The summed E-state index contributed by atoms with van der Waals surface area (Å²) in [6.07, 6.45) is 3.43. The van der Waals surface area contributed by atoms with Gasteiger partial charge in [0.1, 0.15) is 5.75 Å². The fourth-order valence-corrected chi connectivity index (χ4v) is 2.81. The van der Waals surface area contributed by atoms with Gasteiger partial charge in [0.15, 0.2) is 17.3 Å². The van der Waals surface area contributed by atoms with Gasteiger partial charge in [0.2, 0.25) is 12.7 Å². The van der Waals surface area contributed by atoms with Crippen LogP contribution in [-0.4, -0.2) is 21.7 Å². The summed E-state index contributed by atoms with van der Waals surface area (Å²) in [5.41, 5.74) is 1.69. The van der Waals surface area contributed by atoms with Gasteiger partial charge in [-0.05, 0) is 36.4 Å². The van der Waals surface area contributed by atoms with Crippen molar-refractivity contribution in [2.45, 2.75) is 0 Å². The lowest BCUT2D eigenvalue weighted by Gasteiger charge is -2.10. The molecule has 0 aliphatic carbocycles. The van der Waals surface area contributed by atoms with Crippen molar-refractivity contribution in [3.8, 4) is 34.5 Å². The van der Waals surface area contributed by atoms with Crippen LogP contribution in [0.2, 0.25) is 0 Å². The van der Waals surface area contributed by atoms with E-state index in [9.17, 15) is 0 Å². The molecule has 5 rings (SSSR count). The molecule has 0 atom stereocenters. The normalized spacial score (nSPS) is 12.3. The first kappa shape index (κ1) is 14.7. The molecular weight excluding hydrogens is 330 g/mol. The SMILES string of the molecule is c1ccc2c(Oc3ccc4c(c3)OCO4)nc(-c3ccncc3)nc2c1. The van der Waals surface area contributed by atoms with Gasteiger partial charge >= 0.3 is 0 Å². The Balaban J connectivity index is 1.62. The van der Waals surface area contributed by atoms with Crippen LogP contribution in [0.4, 0.5) is 0 Å². The highest BCUT2D eigenvalue weighted by Gasteiger charge is 2.16. The molecule has 2 aromatic heterocycles. The molecule has 3 heterocycles. The molecule has 4 aromatic rings. The zero-order chi connectivity index (χ0) is 17.3. The van der Waals surface area contributed by atoms with Crippen molar-refractivity contribution in [3.05, 3.63) is 67.0 Å². The summed E-state index contributed by atoms with van der Waals surface area (Å²) < 4.78 is 16.8. The van der Waals surface area contributed by atoms with Gasteiger partial charge < -0.3 is 14.2 Å². The Morgan fingerprint density at radius 2 is 1.69 bits per heavy atom. The summed E-state index contributed by atoms with van der Waals surface area (Å²) in [6, 6.07) is 16.9. The molecule has 6 heteroatoms. The molecule has 1 aliphatic rings. The highest BCUT2D eigenvalue weighted by Crippen LogP contribution is 2.37. The number of nitrogens with zero attached hydrogens (tertiary/aromatic N) is 3. The Labute approximate surface area is 149 Å². The van der Waals surface area contributed by atoms with Crippen molar-refractivity contribution < 1.29 is 14.2 Å². The molecule has 26 heavy (non-hydrogen) atoms. The smallest absolute Gasteiger partial charge is 0.231 e. The largest absolute Gasteiger partial charge is 0.454 e. The lowest BCUT2D eigenvalue weighted by molar-refractivity contribution is 0.174. The Morgan fingerprint density at radius 3 is 2.62 bits per heavy atom. The minimum atomic E-state index is 0.224. The van der Waals surface area contributed by atoms with E-state index in [1.54, 1.807) is 18.5 Å². The van der Waals surface area contributed by atoms with Crippen LogP contribution in [0, 0.1) is 0 Å². The van der Waals surface area contributed by atoms with E-state index in [1.165, 1.54) is 0 Å². The molecule has 6 nitrogen and oxygen atoms in total. The third kappa shape index (κ3) is 2.57. The molecule has 0 bridgehead atoms. The van der Waals surface area contributed by atoms with Gasteiger partial charge in [0.05, 0.1) is 10.9 Å². The van der Waals surface area contributed by atoms with Crippen molar-refractivity contribution in [1.82, 2.24) is 15.0 Å². The second-order valence-corrected chi connectivity index (χ2v) is 5.72. The van der Waals surface area contributed by atoms with E-state index in [2.05, 4.69) is 15.0 Å². The first-order chi connectivity index (χ1) is 12.9. The number of benzene rings is 2. The molecule has 0 fully saturated rings. The van der Waals surface area contributed by atoms with Crippen molar-refractivity contribution in [2.75, 3.05) is 6.79 Å². The average molecular weight is 343 g/mol. The van der Waals surface area contributed by atoms with Gasteiger partial charge in [-0.15, -0.1) is 0 Å². The van der Waals surface area contributed by atoms with E-state index in [4.69, 9.17) is 14.2 Å². The van der Waals surface area contributed by atoms with Crippen LogP contribution in [0.5, 0.6) is 23.1 Å². The fourth-order valence-electron chi connectivity index (χ4n) is 2.81. The van der Waals surface area contributed by atoms with Crippen LogP contribution >= 0.6 is 0 Å². The molecule has 0 spiro atoms. The summed E-state index contributed by atoms with van der Waals surface area (Å²) >= 11 is 0. The lowest BCUT2D eigenvalue weighted by Crippen LogP contribution is -1.96. The number of rotatable bonds is 3. The molecule has 0 unspecified atom stereocenters. The van der Waals surface area contributed by atoms with Gasteiger partial charge in [0, 0.05) is 24.0 Å². The summed E-state index contributed by atoms with van der Waals surface area (Å²) in [6.45, 7) is 0.224. The summed E-state index contributed by atoms with van der Waals surface area (Å²) in [5.74, 6) is 3.07. The second kappa shape index (κ2) is 6.00. The number of aromatic nitrogens is 3. The lowest BCUT2D eigenvalue weighted by atomic mass is 10.2. The Kier molecular flexibility index (Phi) is 3.38. The van der Waals surface area contributed by atoms with Crippen molar-refractivity contribution in [3.63, 3.8) is 0 Å². The number of hydrogen-bond donors (Lipinski definition) is 0. The number of ether oxygens (including phenoxy) is 3. The van der Waals surface area contributed by atoms with E-state index in [0.717, 1.165) is 16.5 Å². The first-order valence-electron chi connectivity index (χ1n) is 8.11. The molecule has 0 saturated carbocycles. The maximum Gasteiger partial charge on any atom is 0.231 e. The number of para-hydroxylation sites is 1.